The molecule has 8 nitrogen and oxygen atoms in total. The van der Waals surface area contributed by atoms with Gasteiger partial charge in [0.1, 0.15) is 13.2 Å². The number of fused-ring (bicyclic) bond motifs is 1. The van der Waals surface area contributed by atoms with Crippen LogP contribution < -0.4 is 19.5 Å². The molecular weight excluding hydrogens is 420 g/mol. The van der Waals surface area contributed by atoms with E-state index in [1.54, 1.807) is 0 Å². The van der Waals surface area contributed by atoms with E-state index in [1.807, 2.05) is 18.2 Å². The second kappa shape index (κ2) is 9.67. The zero-order valence-electron chi connectivity index (χ0n) is 17.1. The van der Waals surface area contributed by atoms with Crippen LogP contribution >= 0.6 is 0 Å². The van der Waals surface area contributed by atoms with E-state index in [9.17, 15) is 13.2 Å². The van der Waals surface area contributed by atoms with Crippen molar-refractivity contribution in [2.45, 2.75) is 30.3 Å². The first-order valence-corrected chi connectivity index (χ1v) is 11.9. The second-order valence-electron chi connectivity index (χ2n) is 7.50. The van der Waals surface area contributed by atoms with Crippen molar-refractivity contribution in [1.82, 2.24) is 10.0 Å². The minimum Gasteiger partial charge on any atom is -0.486 e. The number of carbonyl (C=O) groups excluding carboxylic acids is 1. The molecule has 2 aromatic rings. The molecule has 0 spiro atoms. The molecule has 0 bridgehead atoms. The molecular formula is C22H26N2O6S. The molecule has 2 aliphatic rings. The normalized spacial score (nSPS) is 18.0. The molecule has 31 heavy (non-hydrogen) atoms. The van der Waals surface area contributed by atoms with Gasteiger partial charge in [-0.15, -0.1) is 0 Å². The quantitative estimate of drug-likeness (QED) is 0.642. The lowest BCUT2D eigenvalue weighted by Gasteiger charge is -2.18. The van der Waals surface area contributed by atoms with E-state index < -0.39 is 10.0 Å². The zero-order chi connectivity index (χ0) is 21.7. The summed E-state index contributed by atoms with van der Waals surface area (Å²) < 4.78 is 43.9. The first-order valence-electron chi connectivity index (χ1n) is 10.4. The van der Waals surface area contributed by atoms with Crippen LogP contribution in [-0.4, -0.2) is 53.3 Å². The Labute approximate surface area is 181 Å². The summed E-state index contributed by atoms with van der Waals surface area (Å²) in [5.74, 6) is 1.20. The minimum atomic E-state index is -3.63. The van der Waals surface area contributed by atoms with E-state index in [1.165, 1.54) is 24.3 Å². The van der Waals surface area contributed by atoms with Crippen LogP contribution in [0, 0.1) is 0 Å². The van der Waals surface area contributed by atoms with E-state index in [0.717, 1.165) is 29.9 Å². The Kier molecular flexibility index (Phi) is 6.74. The van der Waals surface area contributed by atoms with Crippen LogP contribution in [0.1, 0.15) is 28.8 Å². The maximum atomic E-state index is 12.4. The van der Waals surface area contributed by atoms with Gasteiger partial charge in [-0.3, -0.25) is 4.79 Å². The van der Waals surface area contributed by atoms with Gasteiger partial charge >= 0.3 is 0 Å². The number of sulfonamides is 1. The van der Waals surface area contributed by atoms with Gasteiger partial charge in [-0.2, -0.15) is 0 Å². The number of carbonyl (C=O) groups is 1. The van der Waals surface area contributed by atoms with Crippen molar-refractivity contribution in [3.63, 3.8) is 0 Å². The smallest absolute Gasteiger partial charge is 0.251 e. The lowest BCUT2D eigenvalue weighted by Crippen LogP contribution is -2.32. The summed E-state index contributed by atoms with van der Waals surface area (Å²) in [4.78, 5) is 12.5. The molecule has 4 rings (SSSR count). The van der Waals surface area contributed by atoms with Crippen LogP contribution in [0.15, 0.2) is 47.4 Å². The van der Waals surface area contributed by atoms with Crippen LogP contribution in [0.5, 0.6) is 11.5 Å². The molecule has 0 aliphatic carbocycles. The predicted molar refractivity (Wildman–Crippen MR) is 114 cm³/mol. The number of ether oxygens (including phenoxy) is 3. The number of hydrogen-bond donors (Lipinski definition) is 2. The maximum Gasteiger partial charge on any atom is 0.251 e. The molecule has 1 saturated heterocycles. The highest BCUT2D eigenvalue weighted by atomic mass is 32.2. The van der Waals surface area contributed by atoms with Crippen molar-refractivity contribution in [2.24, 2.45) is 0 Å². The number of nitrogens with one attached hydrogen (secondary N) is 2. The van der Waals surface area contributed by atoms with Crippen molar-refractivity contribution in [1.29, 1.82) is 0 Å². The lowest BCUT2D eigenvalue weighted by atomic mass is 10.1. The van der Waals surface area contributed by atoms with Gasteiger partial charge in [0.2, 0.25) is 10.0 Å². The Morgan fingerprint density at radius 2 is 1.77 bits per heavy atom. The van der Waals surface area contributed by atoms with Crippen molar-refractivity contribution in [2.75, 3.05) is 32.9 Å². The van der Waals surface area contributed by atoms with Gasteiger partial charge in [0, 0.05) is 25.3 Å². The van der Waals surface area contributed by atoms with E-state index in [0.29, 0.717) is 38.3 Å². The first-order chi connectivity index (χ1) is 15.0. The fraction of sp³-hybridized carbons (Fsp3) is 0.409. The zero-order valence-corrected chi connectivity index (χ0v) is 17.9. The standard InChI is InChI=1S/C22H26N2O6S/c25-22(23-10-9-16-3-8-20-21(14-16)30-13-12-29-20)17-4-6-19(7-5-17)31(26,27)24-15-18-2-1-11-28-18/h3-8,14,18,24H,1-2,9-13,15H2,(H,23,25)/t18-/m0/s1. The summed E-state index contributed by atoms with van der Waals surface area (Å²) in [6.45, 7) is 2.45. The third kappa shape index (κ3) is 5.55. The van der Waals surface area contributed by atoms with E-state index >= 15 is 0 Å². The van der Waals surface area contributed by atoms with E-state index in [-0.39, 0.29) is 23.5 Å². The highest BCUT2D eigenvalue weighted by molar-refractivity contribution is 7.89. The van der Waals surface area contributed by atoms with Gasteiger partial charge in [0.15, 0.2) is 11.5 Å². The maximum absolute atomic E-state index is 12.4. The highest BCUT2D eigenvalue weighted by Crippen LogP contribution is 2.30. The van der Waals surface area contributed by atoms with Crippen LogP contribution in [0.4, 0.5) is 0 Å². The summed E-state index contributed by atoms with van der Waals surface area (Å²) in [7, 11) is -3.63. The number of rotatable bonds is 8. The Hall–Kier alpha value is -2.62. The Bertz CT molecular complexity index is 1020. The fourth-order valence-corrected chi connectivity index (χ4v) is 4.61. The Morgan fingerprint density at radius 1 is 1.00 bits per heavy atom. The average molecular weight is 447 g/mol. The monoisotopic (exact) mass is 446 g/mol. The average Bonchev–Trinajstić information content (AvgIpc) is 3.32. The van der Waals surface area contributed by atoms with Crippen LogP contribution in [0.25, 0.3) is 0 Å². The molecule has 9 heteroatoms. The molecule has 2 aliphatic heterocycles. The SMILES string of the molecule is O=C(NCCc1ccc2c(c1)OCCO2)c1ccc(S(=O)(=O)NC[C@@H]2CCCO2)cc1. The second-order valence-corrected chi connectivity index (χ2v) is 9.26. The molecule has 1 atom stereocenters. The molecule has 0 saturated carbocycles. The fourth-order valence-electron chi connectivity index (χ4n) is 3.54. The number of benzene rings is 2. The van der Waals surface area contributed by atoms with Gasteiger partial charge in [0.25, 0.3) is 5.91 Å². The van der Waals surface area contributed by atoms with Crippen LogP contribution in [0.2, 0.25) is 0 Å². The lowest BCUT2D eigenvalue weighted by molar-refractivity contribution is 0.0954. The Balaban J connectivity index is 1.28. The summed E-state index contributed by atoms with van der Waals surface area (Å²) in [5.41, 5.74) is 1.43. The molecule has 0 unspecified atom stereocenters. The van der Waals surface area contributed by atoms with Crippen molar-refractivity contribution in [3.8, 4) is 11.5 Å². The topological polar surface area (TPSA) is 103 Å². The molecule has 166 valence electrons. The van der Waals surface area contributed by atoms with Crippen molar-refractivity contribution in [3.05, 3.63) is 53.6 Å². The highest BCUT2D eigenvalue weighted by Gasteiger charge is 2.20. The van der Waals surface area contributed by atoms with Crippen LogP contribution in [-0.2, 0) is 21.2 Å². The van der Waals surface area contributed by atoms with Gasteiger partial charge in [0.05, 0.1) is 11.0 Å². The van der Waals surface area contributed by atoms with Gasteiger partial charge < -0.3 is 19.5 Å². The molecule has 0 aromatic heterocycles. The van der Waals surface area contributed by atoms with Gasteiger partial charge in [-0.1, -0.05) is 6.07 Å². The minimum absolute atomic E-state index is 0.0750. The predicted octanol–water partition coefficient (Wildman–Crippen LogP) is 1.89. The van der Waals surface area contributed by atoms with Gasteiger partial charge in [-0.05, 0) is 61.2 Å². The first kappa shape index (κ1) is 21.6. The molecule has 2 aromatic carbocycles. The largest absolute Gasteiger partial charge is 0.486 e. The summed E-state index contributed by atoms with van der Waals surface area (Å²) >= 11 is 0. The molecule has 1 fully saturated rings. The van der Waals surface area contributed by atoms with Crippen molar-refractivity contribution < 1.29 is 27.4 Å². The van der Waals surface area contributed by atoms with Gasteiger partial charge in [-0.25, -0.2) is 13.1 Å². The number of hydrogen-bond acceptors (Lipinski definition) is 6. The van der Waals surface area contributed by atoms with E-state index in [4.69, 9.17) is 14.2 Å². The summed E-state index contributed by atoms with van der Waals surface area (Å²) in [5, 5.41) is 2.86. The third-order valence-corrected chi connectivity index (χ3v) is 6.70. The summed E-state index contributed by atoms with van der Waals surface area (Å²) in [6, 6.07) is 11.6. The molecule has 2 N–H and O–H groups in total. The third-order valence-electron chi connectivity index (χ3n) is 5.26. The Morgan fingerprint density at radius 3 is 2.52 bits per heavy atom. The molecule has 1 amide bonds. The van der Waals surface area contributed by atoms with E-state index in [2.05, 4.69) is 10.0 Å². The van der Waals surface area contributed by atoms with Crippen LogP contribution in [0.3, 0.4) is 0 Å². The summed E-state index contributed by atoms with van der Waals surface area (Å²) in [6.07, 6.45) is 2.37. The molecule has 2 heterocycles. The number of amides is 1. The van der Waals surface area contributed by atoms with Crippen molar-refractivity contribution >= 4 is 15.9 Å². The molecule has 0 radical (unpaired) electrons.